The Morgan fingerprint density at radius 3 is 2.00 bits per heavy atom. The summed E-state index contributed by atoms with van der Waals surface area (Å²) in [7, 11) is 0. The normalized spacial score (nSPS) is 11.1. The Morgan fingerprint density at radius 2 is 1.33 bits per heavy atom. The van der Waals surface area contributed by atoms with Crippen LogP contribution in [0.1, 0.15) is 96.7 Å². The number of hydrogen-bond donors (Lipinski definition) is 1. The maximum absolute atomic E-state index is 3.43. The lowest BCUT2D eigenvalue weighted by molar-refractivity contribution is -0.703. The molecule has 0 saturated heterocycles. The van der Waals surface area contributed by atoms with Crippen molar-refractivity contribution in [3.05, 3.63) is 18.2 Å². The predicted octanol–water partition coefficient (Wildman–Crippen LogP) is 5.57. The van der Waals surface area contributed by atoms with E-state index in [-0.39, 0.29) is 0 Å². The number of hydrogen-bond acceptors (Lipinski definition) is 0. The van der Waals surface area contributed by atoms with Crippen molar-refractivity contribution >= 4 is 0 Å². The average Bonchev–Trinajstić information content (AvgIpc) is 2.94. The molecule has 0 aliphatic carbocycles. The van der Waals surface area contributed by atoms with Gasteiger partial charge in [-0.15, -0.1) is 0 Å². The summed E-state index contributed by atoms with van der Waals surface area (Å²) in [6.07, 6.45) is 22.1. The Hall–Kier alpha value is -0.790. The first-order valence-corrected chi connectivity index (χ1v) is 9.44. The third-order valence-corrected chi connectivity index (χ3v) is 4.37. The topological polar surface area (TPSA) is 19.7 Å². The first kappa shape index (κ1) is 18.3. The highest BCUT2D eigenvalue weighted by Crippen LogP contribution is 2.08. The Bertz CT molecular complexity index is 300. The monoisotopic (exact) mass is 293 g/mol. The van der Waals surface area contributed by atoms with E-state index in [0.717, 1.165) is 0 Å². The molecule has 0 saturated carbocycles. The van der Waals surface area contributed by atoms with E-state index in [1.54, 1.807) is 0 Å². The first-order chi connectivity index (χ1) is 10.4. The Balaban J connectivity index is 2.09. The number of nitrogens with zero attached hydrogens (tertiary/aromatic N) is 1. The zero-order valence-electron chi connectivity index (χ0n) is 14.5. The van der Waals surface area contributed by atoms with Crippen LogP contribution in [-0.4, -0.2) is 4.98 Å². The van der Waals surface area contributed by atoms with E-state index in [1.165, 1.54) is 95.8 Å². The van der Waals surface area contributed by atoms with Gasteiger partial charge in [-0.1, -0.05) is 71.6 Å². The maximum atomic E-state index is 3.43. The zero-order chi connectivity index (χ0) is 15.2. The van der Waals surface area contributed by atoms with Crippen molar-refractivity contribution in [2.75, 3.05) is 0 Å². The molecule has 1 N–H and O–H groups in total. The molecule has 21 heavy (non-hydrogen) atoms. The standard InChI is InChI=1S/C19H36N2/c1-3-5-7-9-11-13-15-19-20-16-18-21(19)17-14-12-10-8-6-4-2/h16,18H,3-15,17H2,1-2H3/p+1. The van der Waals surface area contributed by atoms with Gasteiger partial charge in [0.25, 0.3) is 5.82 Å². The molecule has 0 radical (unpaired) electrons. The minimum atomic E-state index is 1.20. The maximum Gasteiger partial charge on any atom is 0.254 e. The van der Waals surface area contributed by atoms with Gasteiger partial charge in [0.2, 0.25) is 0 Å². The first-order valence-electron chi connectivity index (χ1n) is 9.44. The summed E-state index contributed by atoms with van der Waals surface area (Å²) < 4.78 is 2.44. The van der Waals surface area contributed by atoms with Gasteiger partial charge < -0.3 is 0 Å². The number of imidazole rings is 1. The van der Waals surface area contributed by atoms with Gasteiger partial charge in [0.15, 0.2) is 0 Å². The Labute approximate surface area is 132 Å². The fraction of sp³-hybridized carbons (Fsp3) is 0.842. The van der Waals surface area contributed by atoms with E-state index >= 15 is 0 Å². The van der Waals surface area contributed by atoms with E-state index in [4.69, 9.17) is 0 Å². The summed E-state index contributed by atoms with van der Waals surface area (Å²) in [5, 5.41) is 0. The van der Waals surface area contributed by atoms with Gasteiger partial charge in [0.1, 0.15) is 12.4 Å². The van der Waals surface area contributed by atoms with Gasteiger partial charge >= 0.3 is 0 Å². The largest absolute Gasteiger partial charge is 0.254 e. The molecule has 1 aromatic rings. The van der Waals surface area contributed by atoms with Crippen LogP contribution in [0.25, 0.3) is 0 Å². The summed E-state index contributed by atoms with van der Waals surface area (Å²) in [5.74, 6) is 1.43. The van der Waals surface area contributed by atoms with Crippen LogP contribution in [0.3, 0.4) is 0 Å². The summed E-state index contributed by atoms with van der Waals surface area (Å²) in [5.41, 5.74) is 0. The van der Waals surface area contributed by atoms with Gasteiger partial charge in [0, 0.05) is 6.42 Å². The van der Waals surface area contributed by atoms with E-state index in [1.807, 2.05) is 0 Å². The van der Waals surface area contributed by atoms with Crippen molar-refractivity contribution in [1.82, 2.24) is 4.98 Å². The second-order valence-electron chi connectivity index (χ2n) is 6.39. The molecular formula is C19H37N2+. The molecule has 0 unspecified atom stereocenters. The summed E-state index contributed by atoms with van der Waals surface area (Å²) in [6, 6.07) is 0. The summed E-state index contributed by atoms with van der Waals surface area (Å²) in [6.45, 7) is 5.76. The molecule has 1 rings (SSSR count). The van der Waals surface area contributed by atoms with Crippen molar-refractivity contribution < 1.29 is 4.57 Å². The lowest BCUT2D eigenvalue weighted by Crippen LogP contribution is -2.36. The van der Waals surface area contributed by atoms with Crippen LogP contribution in [0.2, 0.25) is 0 Å². The quantitative estimate of drug-likeness (QED) is 0.342. The molecule has 2 nitrogen and oxygen atoms in total. The average molecular weight is 294 g/mol. The molecule has 1 heterocycles. The molecule has 0 bridgehead atoms. The number of aryl methyl sites for hydroxylation is 2. The number of aromatic nitrogens is 2. The summed E-state index contributed by atoms with van der Waals surface area (Å²) in [4.78, 5) is 3.43. The van der Waals surface area contributed by atoms with Crippen molar-refractivity contribution in [3.8, 4) is 0 Å². The molecular weight excluding hydrogens is 256 g/mol. The van der Waals surface area contributed by atoms with Crippen molar-refractivity contribution in [2.45, 2.75) is 104 Å². The number of unbranched alkanes of at least 4 members (excludes halogenated alkanes) is 10. The lowest BCUT2D eigenvalue weighted by Gasteiger charge is -2.02. The van der Waals surface area contributed by atoms with E-state index in [2.05, 4.69) is 35.8 Å². The highest BCUT2D eigenvalue weighted by atomic mass is 15.1. The van der Waals surface area contributed by atoms with Gasteiger partial charge in [-0.2, -0.15) is 0 Å². The lowest BCUT2D eigenvalue weighted by atomic mass is 10.1. The minimum Gasteiger partial charge on any atom is -0.248 e. The van der Waals surface area contributed by atoms with E-state index < -0.39 is 0 Å². The molecule has 0 atom stereocenters. The van der Waals surface area contributed by atoms with Crippen molar-refractivity contribution in [3.63, 3.8) is 0 Å². The Morgan fingerprint density at radius 1 is 0.762 bits per heavy atom. The SMILES string of the molecule is CCCCCCCCc1[nH]cc[n+]1CCCCCCCC. The molecule has 122 valence electrons. The van der Waals surface area contributed by atoms with Gasteiger partial charge in [0.05, 0.1) is 6.54 Å². The smallest absolute Gasteiger partial charge is 0.248 e. The highest BCUT2D eigenvalue weighted by molar-refractivity contribution is 4.77. The second-order valence-corrected chi connectivity index (χ2v) is 6.39. The van der Waals surface area contributed by atoms with Crippen LogP contribution in [0.5, 0.6) is 0 Å². The molecule has 0 aromatic carbocycles. The third kappa shape index (κ3) is 8.95. The number of rotatable bonds is 14. The number of aromatic amines is 1. The third-order valence-electron chi connectivity index (χ3n) is 4.37. The van der Waals surface area contributed by atoms with Crippen LogP contribution in [-0.2, 0) is 13.0 Å². The second kappa shape index (κ2) is 12.9. The summed E-state index contributed by atoms with van der Waals surface area (Å²) >= 11 is 0. The molecule has 0 amide bonds. The molecule has 0 fully saturated rings. The van der Waals surface area contributed by atoms with Crippen LogP contribution >= 0.6 is 0 Å². The minimum absolute atomic E-state index is 1.20. The molecule has 0 spiro atoms. The molecule has 0 aliphatic rings. The highest BCUT2D eigenvalue weighted by Gasteiger charge is 2.09. The van der Waals surface area contributed by atoms with Crippen molar-refractivity contribution in [1.29, 1.82) is 0 Å². The molecule has 2 heteroatoms. The van der Waals surface area contributed by atoms with Gasteiger partial charge in [-0.05, 0) is 19.3 Å². The van der Waals surface area contributed by atoms with Crippen LogP contribution in [0, 0.1) is 0 Å². The van der Waals surface area contributed by atoms with Crippen LogP contribution in [0.4, 0.5) is 0 Å². The van der Waals surface area contributed by atoms with Crippen LogP contribution < -0.4 is 4.57 Å². The van der Waals surface area contributed by atoms with E-state index in [9.17, 15) is 0 Å². The van der Waals surface area contributed by atoms with Gasteiger partial charge in [-0.3, -0.25) is 0 Å². The fourth-order valence-electron chi connectivity index (χ4n) is 2.96. The molecule has 0 aliphatic heterocycles. The fourth-order valence-corrected chi connectivity index (χ4v) is 2.96. The number of H-pyrrole nitrogens is 1. The van der Waals surface area contributed by atoms with Crippen LogP contribution in [0.15, 0.2) is 12.4 Å². The molecule has 1 aromatic heterocycles. The van der Waals surface area contributed by atoms with Gasteiger partial charge in [-0.25, -0.2) is 9.55 Å². The van der Waals surface area contributed by atoms with E-state index in [0.29, 0.717) is 0 Å². The predicted molar refractivity (Wildman–Crippen MR) is 91.4 cm³/mol. The zero-order valence-corrected chi connectivity index (χ0v) is 14.5. The number of nitrogens with one attached hydrogen (secondary N) is 1. The van der Waals surface area contributed by atoms with Crippen molar-refractivity contribution in [2.24, 2.45) is 0 Å². The Kier molecular flexibility index (Phi) is 11.2.